The predicted octanol–water partition coefficient (Wildman–Crippen LogP) is 0.718. The molecule has 0 atom stereocenters. The number of aryl methyl sites for hydroxylation is 1. The molecule has 18 heavy (non-hydrogen) atoms. The van der Waals surface area contributed by atoms with Gasteiger partial charge in [0.1, 0.15) is 5.82 Å². The zero-order chi connectivity index (χ0) is 13.0. The van der Waals surface area contributed by atoms with Crippen molar-refractivity contribution in [2.24, 2.45) is 5.84 Å². The average molecular weight is 244 g/mol. The summed E-state index contributed by atoms with van der Waals surface area (Å²) in [7, 11) is 0. The summed E-state index contributed by atoms with van der Waals surface area (Å²) in [4.78, 5) is 15.9. The van der Waals surface area contributed by atoms with Gasteiger partial charge >= 0.3 is 0 Å². The van der Waals surface area contributed by atoms with Crippen LogP contribution in [0.4, 0.5) is 11.6 Å². The van der Waals surface area contributed by atoms with E-state index in [1.165, 1.54) is 6.07 Å². The van der Waals surface area contributed by atoms with Gasteiger partial charge in [0.25, 0.3) is 5.91 Å². The van der Waals surface area contributed by atoms with Crippen molar-refractivity contribution in [2.45, 2.75) is 6.92 Å². The van der Waals surface area contributed by atoms with Gasteiger partial charge in [-0.15, -0.1) is 10.2 Å². The molecule has 92 valence electrons. The predicted molar refractivity (Wildman–Crippen MR) is 66.8 cm³/mol. The minimum atomic E-state index is -0.368. The van der Waals surface area contributed by atoms with E-state index in [1.807, 2.05) is 13.0 Å². The lowest BCUT2D eigenvalue weighted by Gasteiger charge is -2.06. The molecule has 0 spiro atoms. The first kappa shape index (κ1) is 11.9. The molecule has 2 aromatic heterocycles. The second-order valence-corrected chi connectivity index (χ2v) is 3.57. The highest BCUT2D eigenvalue weighted by Gasteiger charge is 2.10. The monoisotopic (exact) mass is 244 g/mol. The van der Waals surface area contributed by atoms with Gasteiger partial charge in [-0.05, 0) is 30.7 Å². The summed E-state index contributed by atoms with van der Waals surface area (Å²) >= 11 is 0. The van der Waals surface area contributed by atoms with E-state index in [9.17, 15) is 4.79 Å². The summed E-state index contributed by atoms with van der Waals surface area (Å²) < 4.78 is 0. The van der Waals surface area contributed by atoms with E-state index in [0.29, 0.717) is 11.6 Å². The number of hydrogen-bond donors (Lipinski definition) is 3. The van der Waals surface area contributed by atoms with E-state index < -0.39 is 0 Å². The second kappa shape index (κ2) is 5.19. The number of carbonyl (C=O) groups excluding carboxylic acids is 1. The van der Waals surface area contributed by atoms with Crippen LogP contribution in [0.25, 0.3) is 0 Å². The molecule has 7 heteroatoms. The number of hydrazine groups is 1. The molecule has 0 bridgehead atoms. The van der Waals surface area contributed by atoms with Crippen LogP contribution in [-0.2, 0) is 0 Å². The summed E-state index contributed by atoms with van der Waals surface area (Å²) in [5.74, 6) is 5.68. The van der Waals surface area contributed by atoms with Gasteiger partial charge in [0.05, 0.1) is 0 Å². The van der Waals surface area contributed by atoms with Crippen molar-refractivity contribution in [3.63, 3.8) is 0 Å². The molecular weight excluding hydrogens is 232 g/mol. The van der Waals surface area contributed by atoms with Crippen LogP contribution in [-0.4, -0.2) is 21.1 Å². The molecule has 0 aliphatic carbocycles. The first-order valence-electron chi connectivity index (χ1n) is 5.24. The van der Waals surface area contributed by atoms with Gasteiger partial charge in [0.15, 0.2) is 11.5 Å². The van der Waals surface area contributed by atoms with Crippen LogP contribution in [0.3, 0.4) is 0 Å². The van der Waals surface area contributed by atoms with Crippen molar-refractivity contribution < 1.29 is 4.79 Å². The normalized spacial score (nSPS) is 9.89. The van der Waals surface area contributed by atoms with Crippen molar-refractivity contribution in [3.05, 3.63) is 41.7 Å². The smallest absolute Gasteiger partial charge is 0.277 e. The Morgan fingerprint density at radius 2 is 2.11 bits per heavy atom. The Kier molecular flexibility index (Phi) is 3.44. The topological polar surface area (TPSA) is 106 Å². The fourth-order valence-electron chi connectivity index (χ4n) is 1.32. The van der Waals surface area contributed by atoms with Crippen LogP contribution in [0.5, 0.6) is 0 Å². The number of amides is 1. The molecule has 0 aromatic carbocycles. The Bertz CT molecular complexity index is 554. The van der Waals surface area contributed by atoms with Gasteiger partial charge in [0, 0.05) is 6.20 Å². The number of nitrogens with two attached hydrogens (primary N) is 1. The maximum Gasteiger partial charge on any atom is 0.277 e. The third kappa shape index (κ3) is 2.58. The van der Waals surface area contributed by atoms with E-state index in [2.05, 4.69) is 25.9 Å². The minimum absolute atomic E-state index is 0.194. The van der Waals surface area contributed by atoms with Crippen molar-refractivity contribution in [1.82, 2.24) is 15.2 Å². The Labute approximate surface area is 103 Å². The van der Waals surface area contributed by atoms with Crippen molar-refractivity contribution >= 4 is 17.5 Å². The molecule has 0 fully saturated rings. The fourth-order valence-corrected chi connectivity index (χ4v) is 1.32. The number of carbonyl (C=O) groups is 1. The summed E-state index contributed by atoms with van der Waals surface area (Å²) in [5.41, 5.74) is 3.40. The van der Waals surface area contributed by atoms with Crippen molar-refractivity contribution in [1.29, 1.82) is 0 Å². The first-order chi connectivity index (χ1) is 8.70. The van der Waals surface area contributed by atoms with Gasteiger partial charge < -0.3 is 10.7 Å². The maximum absolute atomic E-state index is 11.9. The zero-order valence-electron chi connectivity index (χ0n) is 9.71. The molecule has 4 N–H and O–H groups in total. The van der Waals surface area contributed by atoms with Gasteiger partial charge in [-0.3, -0.25) is 4.79 Å². The number of nitrogen functional groups attached to an aromatic ring is 1. The Morgan fingerprint density at radius 1 is 1.28 bits per heavy atom. The Hall–Kier alpha value is -2.54. The molecule has 0 aliphatic rings. The SMILES string of the molecule is Cc1cccnc1NC(=O)c1ccc(NN)nn1. The average Bonchev–Trinajstić information content (AvgIpc) is 2.41. The van der Waals surface area contributed by atoms with Gasteiger partial charge in [-0.25, -0.2) is 10.8 Å². The van der Waals surface area contributed by atoms with E-state index >= 15 is 0 Å². The molecule has 0 unspecified atom stereocenters. The molecule has 7 nitrogen and oxygen atoms in total. The third-order valence-electron chi connectivity index (χ3n) is 2.29. The number of nitrogens with one attached hydrogen (secondary N) is 2. The van der Waals surface area contributed by atoms with Crippen LogP contribution in [0.15, 0.2) is 30.5 Å². The number of rotatable bonds is 3. The van der Waals surface area contributed by atoms with Gasteiger partial charge in [-0.2, -0.15) is 0 Å². The van der Waals surface area contributed by atoms with E-state index in [-0.39, 0.29) is 11.6 Å². The molecule has 0 saturated carbocycles. The lowest BCUT2D eigenvalue weighted by Crippen LogP contribution is -2.17. The molecule has 1 amide bonds. The summed E-state index contributed by atoms with van der Waals surface area (Å²) in [6.07, 6.45) is 1.61. The highest BCUT2D eigenvalue weighted by atomic mass is 16.2. The maximum atomic E-state index is 11.9. The van der Waals surface area contributed by atoms with Crippen LogP contribution in [0.1, 0.15) is 16.1 Å². The number of pyridine rings is 1. The zero-order valence-corrected chi connectivity index (χ0v) is 9.71. The third-order valence-corrected chi connectivity index (χ3v) is 2.29. The summed E-state index contributed by atoms with van der Waals surface area (Å²) in [5, 5.41) is 10.1. The standard InChI is InChI=1S/C11H12N6O/c1-7-3-2-6-13-10(7)14-11(18)8-4-5-9(15-12)17-16-8/h2-6H,12H2,1H3,(H,15,17)(H,13,14,18). The Morgan fingerprint density at radius 3 is 2.72 bits per heavy atom. The molecular formula is C11H12N6O. The van der Waals surface area contributed by atoms with Crippen LogP contribution in [0, 0.1) is 6.92 Å². The quantitative estimate of drug-likeness (QED) is 0.542. The van der Waals surface area contributed by atoms with Crippen LogP contribution >= 0.6 is 0 Å². The first-order valence-corrected chi connectivity index (χ1v) is 5.24. The molecule has 2 heterocycles. The fraction of sp³-hybridized carbons (Fsp3) is 0.0909. The number of hydrogen-bond acceptors (Lipinski definition) is 6. The lowest BCUT2D eigenvalue weighted by atomic mass is 10.3. The van der Waals surface area contributed by atoms with E-state index in [0.717, 1.165) is 5.56 Å². The number of aromatic nitrogens is 3. The van der Waals surface area contributed by atoms with Gasteiger partial charge in [-0.1, -0.05) is 6.07 Å². The van der Waals surface area contributed by atoms with Crippen LogP contribution < -0.4 is 16.6 Å². The highest BCUT2D eigenvalue weighted by molar-refractivity contribution is 6.02. The molecule has 0 saturated heterocycles. The molecule has 0 radical (unpaired) electrons. The molecule has 0 aliphatic heterocycles. The Balaban J connectivity index is 2.14. The molecule has 2 aromatic rings. The summed E-state index contributed by atoms with van der Waals surface area (Å²) in [6.45, 7) is 1.86. The van der Waals surface area contributed by atoms with Gasteiger partial charge in [0.2, 0.25) is 0 Å². The highest BCUT2D eigenvalue weighted by Crippen LogP contribution is 2.10. The van der Waals surface area contributed by atoms with E-state index in [1.54, 1.807) is 18.3 Å². The second-order valence-electron chi connectivity index (χ2n) is 3.57. The molecule has 2 rings (SSSR count). The van der Waals surface area contributed by atoms with E-state index in [4.69, 9.17) is 5.84 Å². The number of nitrogens with zero attached hydrogens (tertiary/aromatic N) is 3. The number of anilines is 2. The van der Waals surface area contributed by atoms with Crippen molar-refractivity contribution in [3.8, 4) is 0 Å². The van der Waals surface area contributed by atoms with Crippen LogP contribution in [0.2, 0.25) is 0 Å². The largest absolute Gasteiger partial charge is 0.307 e. The minimum Gasteiger partial charge on any atom is -0.307 e. The van der Waals surface area contributed by atoms with Crippen molar-refractivity contribution in [2.75, 3.05) is 10.7 Å². The lowest BCUT2D eigenvalue weighted by molar-refractivity contribution is 0.102. The summed E-state index contributed by atoms with van der Waals surface area (Å²) in [6, 6.07) is 6.74.